The molecule has 1 aliphatic rings. The molecule has 0 radical (unpaired) electrons. The molecule has 1 atom stereocenters. The third kappa shape index (κ3) is 9.18. The summed E-state index contributed by atoms with van der Waals surface area (Å²) in [6.07, 6.45) is 4.58. The quantitative estimate of drug-likeness (QED) is 0.478. The Morgan fingerprint density at radius 1 is 1.12 bits per heavy atom. The number of amides is 3. The van der Waals surface area contributed by atoms with E-state index in [9.17, 15) is 14.4 Å². The first kappa shape index (κ1) is 29.8. The number of nitrogens with one attached hydrogen (secondary N) is 2. The fourth-order valence-electron chi connectivity index (χ4n) is 4.67. The van der Waals surface area contributed by atoms with Crippen molar-refractivity contribution in [1.82, 2.24) is 25.1 Å². The summed E-state index contributed by atoms with van der Waals surface area (Å²) in [6, 6.07) is 16.5. The van der Waals surface area contributed by atoms with Crippen molar-refractivity contribution in [3.8, 4) is 17.1 Å². The number of imidazole rings is 1. The van der Waals surface area contributed by atoms with Crippen LogP contribution in [0.25, 0.3) is 11.4 Å². The number of aromatic nitrogens is 2. The molecule has 0 fully saturated rings. The Bertz CT molecular complexity index is 1290. The van der Waals surface area contributed by atoms with Crippen LogP contribution in [0.5, 0.6) is 5.75 Å². The van der Waals surface area contributed by atoms with Gasteiger partial charge in [0.2, 0.25) is 17.7 Å². The van der Waals surface area contributed by atoms with Gasteiger partial charge in [0.15, 0.2) is 0 Å². The molecule has 10 nitrogen and oxygen atoms in total. The van der Waals surface area contributed by atoms with E-state index >= 15 is 0 Å². The summed E-state index contributed by atoms with van der Waals surface area (Å²) in [5, 5.41) is 5.80. The monoisotopic (exact) mass is 561 g/mol. The molecule has 1 aliphatic heterocycles. The van der Waals surface area contributed by atoms with Gasteiger partial charge in [0, 0.05) is 37.6 Å². The SMILES string of the molecule is CC(C)C[C@H]1NC(=O)CN(C(=O)COCc2ccccc2)CCCOc2cccc(c2)-c2nccn2CCNC1=O. The molecule has 0 aliphatic carbocycles. The van der Waals surface area contributed by atoms with Crippen LogP contribution in [-0.4, -0.2) is 71.1 Å². The van der Waals surface area contributed by atoms with Gasteiger partial charge in [-0.2, -0.15) is 0 Å². The van der Waals surface area contributed by atoms with Crippen molar-refractivity contribution >= 4 is 17.7 Å². The fourth-order valence-corrected chi connectivity index (χ4v) is 4.67. The molecule has 2 bridgehead atoms. The van der Waals surface area contributed by atoms with Gasteiger partial charge in [-0.05, 0) is 36.5 Å². The zero-order chi connectivity index (χ0) is 29.0. The molecular weight excluding hydrogens is 522 g/mol. The van der Waals surface area contributed by atoms with Gasteiger partial charge < -0.3 is 29.6 Å². The zero-order valence-electron chi connectivity index (χ0n) is 23.8. The van der Waals surface area contributed by atoms with Crippen LogP contribution in [0.2, 0.25) is 0 Å². The highest BCUT2D eigenvalue weighted by Crippen LogP contribution is 2.23. The lowest BCUT2D eigenvalue weighted by Gasteiger charge is -2.25. The Kier molecular flexibility index (Phi) is 10.9. The summed E-state index contributed by atoms with van der Waals surface area (Å²) in [7, 11) is 0. The standard InChI is InChI=1S/C31H39N5O5/c1-23(2)18-27-31(39)33-13-16-35-15-12-32-30(35)25-10-6-11-26(19-25)41-17-7-14-36(20-28(37)34-27)29(38)22-40-21-24-8-4-3-5-9-24/h3-6,8-12,15,19,23,27H,7,13-14,16-18,20-22H2,1-2H3,(H,33,39)(H,34,37)/t27-/m1/s1. The van der Waals surface area contributed by atoms with E-state index in [-0.39, 0.29) is 30.9 Å². The lowest BCUT2D eigenvalue weighted by atomic mass is 10.0. The van der Waals surface area contributed by atoms with Crippen molar-refractivity contribution in [3.05, 3.63) is 72.6 Å². The highest BCUT2D eigenvalue weighted by molar-refractivity contribution is 5.90. The third-order valence-electron chi connectivity index (χ3n) is 6.68. The number of ether oxygens (including phenoxy) is 2. The van der Waals surface area contributed by atoms with E-state index in [0.29, 0.717) is 51.4 Å². The first-order valence-corrected chi connectivity index (χ1v) is 14.1. The molecule has 0 saturated carbocycles. The van der Waals surface area contributed by atoms with Gasteiger partial charge in [-0.1, -0.05) is 56.3 Å². The minimum atomic E-state index is -0.713. The van der Waals surface area contributed by atoms with Crippen molar-refractivity contribution in [3.63, 3.8) is 0 Å². The average molecular weight is 562 g/mol. The molecule has 4 rings (SSSR count). The number of rotatable bonds is 6. The van der Waals surface area contributed by atoms with Crippen LogP contribution in [0.1, 0.15) is 32.3 Å². The molecule has 3 amide bonds. The fraction of sp³-hybridized carbons (Fsp3) is 0.419. The summed E-state index contributed by atoms with van der Waals surface area (Å²) in [5.74, 6) is 0.681. The van der Waals surface area contributed by atoms with Gasteiger partial charge in [-0.25, -0.2) is 4.98 Å². The van der Waals surface area contributed by atoms with E-state index in [1.807, 2.05) is 79.2 Å². The van der Waals surface area contributed by atoms with E-state index in [1.165, 1.54) is 4.90 Å². The maximum atomic E-state index is 13.1. The molecule has 2 aromatic carbocycles. The van der Waals surface area contributed by atoms with Gasteiger partial charge in [0.05, 0.1) is 19.8 Å². The number of hydrogen-bond acceptors (Lipinski definition) is 6. The van der Waals surface area contributed by atoms with Crippen molar-refractivity contribution in [2.24, 2.45) is 5.92 Å². The van der Waals surface area contributed by atoms with E-state index in [0.717, 1.165) is 17.0 Å². The Hall–Kier alpha value is -4.18. The largest absolute Gasteiger partial charge is 0.494 e. The molecule has 1 aromatic heterocycles. The average Bonchev–Trinajstić information content (AvgIpc) is 3.43. The second kappa shape index (κ2) is 15.0. The molecule has 41 heavy (non-hydrogen) atoms. The zero-order valence-corrected chi connectivity index (χ0v) is 23.8. The number of nitrogens with zero attached hydrogens (tertiary/aromatic N) is 3. The Morgan fingerprint density at radius 2 is 1.95 bits per heavy atom. The number of fused-ring (bicyclic) bond motifs is 4. The van der Waals surface area contributed by atoms with Crippen LogP contribution >= 0.6 is 0 Å². The minimum Gasteiger partial charge on any atom is -0.494 e. The molecule has 218 valence electrons. The van der Waals surface area contributed by atoms with Gasteiger partial charge in [0.1, 0.15) is 24.2 Å². The Balaban J connectivity index is 1.49. The Labute approximate surface area is 241 Å². The lowest BCUT2D eigenvalue weighted by molar-refractivity contribution is -0.141. The molecule has 0 unspecified atom stereocenters. The summed E-state index contributed by atoms with van der Waals surface area (Å²) < 4.78 is 13.6. The predicted octanol–water partition coefficient (Wildman–Crippen LogP) is 3.03. The Morgan fingerprint density at radius 3 is 2.76 bits per heavy atom. The normalized spacial score (nSPS) is 17.0. The second-order valence-corrected chi connectivity index (χ2v) is 10.5. The van der Waals surface area contributed by atoms with Crippen LogP contribution in [0.3, 0.4) is 0 Å². The van der Waals surface area contributed by atoms with Crippen LogP contribution < -0.4 is 15.4 Å². The van der Waals surface area contributed by atoms with Gasteiger partial charge in [-0.15, -0.1) is 0 Å². The smallest absolute Gasteiger partial charge is 0.249 e. The number of hydrogen-bond donors (Lipinski definition) is 2. The van der Waals surface area contributed by atoms with E-state index in [1.54, 1.807) is 6.20 Å². The van der Waals surface area contributed by atoms with Crippen molar-refractivity contribution in [2.45, 2.75) is 45.9 Å². The maximum absolute atomic E-state index is 13.1. The highest BCUT2D eigenvalue weighted by Gasteiger charge is 2.24. The van der Waals surface area contributed by atoms with E-state index in [2.05, 4.69) is 15.6 Å². The van der Waals surface area contributed by atoms with Crippen LogP contribution in [0, 0.1) is 5.92 Å². The van der Waals surface area contributed by atoms with Crippen LogP contribution in [-0.2, 0) is 32.3 Å². The predicted molar refractivity (Wildman–Crippen MR) is 155 cm³/mol. The third-order valence-corrected chi connectivity index (χ3v) is 6.68. The molecule has 3 aromatic rings. The van der Waals surface area contributed by atoms with Gasteiger partial charge >= 0.3 is 0 Å². The summed E-state index contributed by atoms with van der Waals surface area (Å²) >= 11 is 0. The molecule has 0 saturated heterocycles. The van der Waals surface area contributed by atoms with Crippen LogP contribution in [0.4, 0.5) is 0 Å². The van der Waals surface area contributed by atoms with E-state index < -0.39 is 11.9 Å². The minimum absolute atomic E-state index is 0.159. The van der Waals surface area contributed by atoms with Gasteiger partial charge in [0.25, 0.3) is 0 Å². The summed E-state index contributed by atoms with van der Waals surface area (Å²) in [5.41, 5.74) is 1.86. The molecular formula is C31H39N5O5. The maximum Gasteiger partial charge on any atom is 0.249 e. The summed E-state index contributed by atoms with van der Waals surface area (Å²) in [6.45, 7) is 5.48. The highest BCUT2D eigenvalue weighted by atomic mass is 16.5. The number of carbonyl (C=O) groups is 3. The van der Waals surface area contributed by atoms with Crippen molar-refractivity contribution in [2.75, 3.05) is 32.8 Å². The molecule has 2 heterocycles. The second-order valence-electron chi connectivity index (χ2n) is 10.5. The first-order chi connectivity index (χ1) is 19.9. The molecule has 0 spiro atoms. The molecule has 2 N–H and O–H groups in total. The number of benzene rings is 2. The summed E-state index contributed by atoms with van der Waals surface area (Å²) in [4.78, 5) is 45.3. The number of carbonyl (C=O) groups excluding carboxylic acids is 3. The van der Waals surface area contributed by atoms with E-state index in [4.69, 9.17) is 9.47 Å². The van der Waals surface area contributed by atoms with Crippen LogP contribution in [0.15, 0.2) is 67.0 Å². The van der Waals surface area contributed by atoms with Crippen molar-refractivity contribution in [1.29, 1.82) is 0 Å². The first-order valence-electron chi connectivity index (χ1n) is 14.1. The molecule has 10 heteroatoms. The topological polar surface area (TPSA) is 115 Å². The van der Waals surface area contributed by atoms with Crippen molar-refractivity contribution < 1.29 is 23.9 Å². The van der Waals surface area contributed by atoms with Gasteiger partial charge in [-0.3, -0.25) is 14.4 Å². The lowest BCUT2D eigenvalue weighted by Crippen LogP contribution is -2.51.